The minimum absolute atomic E-state index is 0.283. The van der Waals surface area contributed by atoms with Gasteiger partial charge >= 0.3 is 5.97 Å². The summed E-state index contributed by atoms with van der Waals surface area (Å²) in [5, 5.41) is 3.44. The van der Waals surface area contributed by atoms with E-state index >= 15 is 0 Å². The van der Waals surface area contributed by atoms with Crippen LogP contribution in [0.1, 0.15) is 40.2 Å². The Morgan fingerprint density at radius 3 is 2.22 bits per heavy atom. The number of hydrogen-bond acceptors (Lipinski definition) is 3. The van der Waals surface area contributed by atoms with Crippen molar-refractivity contribution in [3.8, 4) is 0 Å². The monoisotopic (exact) mass is 309 g/mol. The molecule has 1 heterocycles. The molecular formula is C20H23NO2. The lowest BCUT2D eigenvalue weighted by molar-refractivity contribution is 0.0600. The molecule has 3 nitrogen and oxygen atoms in total. The Labute approximate surface area is 137 Å². The normalized spacial score (nSPS) is 16.7. The minimum Gasteiger partial charge on any atom is -0.465 e. The summed E-state index contributed by atoms with van der Waals surface area (Å²) in [5.74, 6) is 0.724. The molecule has 1 aliphatic heterocycles. The molecule has 0 bridgehead atoms. The summed E-state index contributed by atoms with van der Waals surface area (Å²) >= 11 is 0. The van der Waals surface area contributed by atoms with Gasteiger partial charge in [-0.1, -0.05) is 42.5 Å². The van der Waals surface area contributed by atoms with E-state index in [0.717, 1.165) is 13.1 Å². The van der Waals surface area contributed by atoms with Crippen LogP contribution in [0, 0.1) is 5.92 Å². The maximum Gasteiger partial charge on any atom is 0.337 e. The smallest absolute Gasteiger partial charge is 0.337 e. The van der Waals surface area contributed by atoms with E-state index in [9.17, 15) is 4.79 Å². The van der Waals surface area contributed by atoms with Crippen LogP contribution < -0.4 is 5.32 Å². The number of methoxy groups -OCH3 is 1. The highest BCUT2D eigenvalue weighted by Gasteiger charge is 2.26. The molecule has 1 aliphatic rings. The highest BCUT2D eigenvalue weighted by Crippen LogP contribution is 2.36. The summed E-state index contributed by atoms with van der Waals surface area (Å²) in [6.45, 7) is 2.16. The van der Waals surface area contributed by atoms with Crippen LogP contribution in [0.4, 0.5) is 0 Å². The third-order valence-electron chi connectivity index (χ3n) is 4.70. The fourth-order valence-electron chi connectivity index (χ4n) is 3.52. The summed E-state index contributed by atoms with van der Waals surface area (Å²) in [6, 6.07) is 18.6. The van der Waals surface area contributed by atoms with Gasteiger partial charge in [-0.05, 0) is 55.1 Å². The average molecular weight is 309 g/mol. The summed E-state index contributed by atoms with van der Waals surface area (Å²) in [7, 11) is 1.41. The van der Waals surface area contributed by atoms with E-state index in [1.54, 1.807) is 0 Å². The second-order valence-electron chi connectivity index (χ2n) is 6.09. The first-order valence-corrected chi connectivity index (χ1v) is 8.23. The van der Waals surface area contributed by atoms with Crippen molar-refractivity contribution in [2.75, 3.05) is 20.2 Å². The van der Waals surface area contributed by atoms with Crippen molar-refractivity contribution in [3.05, 3.63) is 71.3 Å². The van der Waals surface area contributed by atoms with Crippen LogP contribution in [0.25, 0.3) is 0 Å². The Bertz CT molecular complexity index is 630. The molecule has 0 amide bonds. The van der Waals surface area contributed by atoms with Gasteiger partial charge in [-0.2, -0.15) is 0 Å². The highest BCUT2D eigenvalue weighted by molar-refractivity contribution is 5.89. The van der Waals surface area contributed by atoms with Crippen LogP contribution in [0.3, 0.4) is 0 Å². The third kappa shape index (κ3) is 3.62. The number of piperidine rings is 1. The number of carbonyl (C=O) groups excluding carboxylic acids is 1. The molecule has 0 saturated carbocycles. The molecule has 2 aromatic carbocycles. The van der Waals surface area contributed by atoms with Crippen molar-refractivity contribution in [2.24, 2.45) is 5.92 Å². The number of esters is 1. The number of nitrogens with one attached hydrogen (secondary N) is 1. The molecule has 0 aliphatic carbocycles. The molecule has 1 atom stereocenters. The zero-order chi connectivity index (χ0) is 16.1. The van der Waals surface area contributed by atoms with Gasteiger partial charge in [0.05, 0.1) is 12.7 Å². The first-order chi connectivity index (χ1) is 11.3. The van der Waals surface area contributed by atoms with Gasteiger partial charge in [0.1, 0.15) is 0 Å². The summed E-state index contributed by atoms with van der Waals surface area (Å²) in [5.41, 5.74) is 3.23. The summed E-state index contributed by atoms with van der Waals surface area (Å²) in [4.78, 5) is 11.6. The van der Waals surface area contributed by atoms with E-state index < -0.39 is 0 Å². The third-order valence-corrected chi connectivity index (χ3v) is 4.70. The zero-order valence-electron chi connectivity index (χ0n) is 13.5. The Morgan fingerprint density at radius 1 is 1.00 bits per heavy atom. The van der Waals surface area contributed by atoms with Gasteiger partial charge < -0.3 is 10.1 Å². The number of hydrogen-bond donors (Lipinski definition) is 1. The van der Waals surface area contributed by atoms with Crippen molar-refractivity contribution in [2.45, 2.75) is 18.8 Å². The van der Waals surface area contributed by atoms with Gasteiger partial charge in [-0.25, -0.2) is 4.79 Å². The van der Waals surface area contributed by atoms with Gasteiger partial charge in [0.15, 0.2) is 0 Å². The van der Waals surface area contributed by atoms with Crippen molar-refractivity contribution < 1.29 is 9.53 Å². The molecule has 0 spiro atoms. The van der Waals surface area contributed by atoms with Crippen molar-refractivity contribution >= 4 is 5.97 Å². The molecule has 3 heteroatoms. The van der Waals surface area contributed by atoms with Gasteiger partial charge in [0, 0.05) is 5.92 Å². The SMILES string of the molecule is COC(=O)c1ccc(C(c2ccccc2)C2CCNCC2)cc1. The Kier molecular flexibility index (Phi) is 5.09. The number of benzene rings is 2. The maximum absolute atomic E-state index is 11.6. The molecule has 1 unspecified atom stereocenters. The average Bonchev–Trinajstić information content (AvgIpc) is 2.64. The fourth-order valence-corrected chi connectivity index (χ4v) is 3.52. The van der Waals surface area contributed by atoms with Crippen LogP contribution in [-0.2, 0) is 4.74 Å². The van der Waals surface area contributed by atoms with Crippen LogP contribution >= 0.6 is 0 Å². The van der Waals surface area contributed by atoms with Crippen LogP contribution in [0.2, 0.25) is 0 Å². The van der Waals surface area contributed by atoms with Crippen molar-refractivity contribution in [3.63, 3.8) is 0 Å². The molecular weight excluding hydrogens is 286 g/mol. The summed E-state index contributed by atoms with van der Waals surface area (Å²) in [6.07, 6.45) is 2.36. The lowest BCUT2D eigenvalue weighted by Gasteiger charge is -2.31. The molecule has 1 saturated heterocycles. The van der Waals surface area contributed by atoms with Gasteiger partial charge in [0.25, 0.3) is 0 Å². The van der Waals surface area contributed by atoms with Crippen molar-refractivity contribution in [1.82, 2.24) is 5.32 Å². The lowest BCUT2D eigenvalue weighted by atomic mass is 9.76. The van der Waals surface area contributed by atoms with E-state index in [-0.39, 0.29) is 5.97 Å². The van der Waals surface area contributed by atoms with Crippen LogP contribution in [0.15, 0.2) is 54.6 Å². The van der Waals surface area contributed by atoms with E-state index in [1.807, 2.05) is 12.1 Å². The molecule has 1 N–H and O–H groups in total. The fraction of sp³-hybridized carbons (Fsp3) is 0.350. The molecule has 0 aromatic heterocycles. The Morgan fingerprint density at radius 2 is 1.61 bits per heavy atom. The van der Waals surface area contributed by atoms with E-state index in [1.165, 1.54) is 31.1 Å². The second kappa shape index (κ2) is 7.42. The number of rotatable bonds is 4. The van der Waals surface area contributed by atoms with Gasteiger partial charge in [0.2, 0.25) is 0 Å². The van der Waals surface area contributed by atoms with E-state index in [4.69, 9.17) is 4.74 Å². The highest BCUT2D eigenvalue weighted by atomic mass is 16.5. The predicted molar refractivity (Wildman–Crippen MR) is 91.7 cm³/mol. The lowest BCUT2D eigenvalue weighted by Crippen LogP contribution is -2.31. The predicted octanol–water partition coefficient (Wildman–Crippen LogP) is 3.60. The van der Waals surface area contributed by atoms with Crippen LogP contribution in [-0.4, -0.2) is 26.2 Å². The standard InChI is InChI=1S/C20H23NO2/c1-23-20(22)18-9-7-16(8-10-18)19(15-5-3-2-4-6-15)17-11-13-21-14-12-17/h2-10,17,19,21H,11-14H2,1H3. The molecule has 2 aromatic rings. The van der Waals surface area contributed by atoms with Gasteiger partial charge in [-0.3, -0.25) is 0 Å². The van der Waals surface area contributed by atoms with E-state index in [0.29, 0.717) is 17.4 Å². The largest absolute Gasteiger partial charge is 0.465 e. The minimum atomic E-state index is -0.283. The number of ether oxygens (including phenoxy) is 1. The molecule has 23 heavy (non-hydrogen) atoms. The first kappa shape index (κ1) is 15.8. The molecule has 120 valence electrons. The first-order valence-electron chi connectivity index (χ1n) is 8.23. The van der Waals surface area contributed by atoms with Crippen molar-refractivity contribution in [1.29, 1.82) is 0 Å². The second-order valence-corrected chi connectivity index (χ2v) is 6.09. The molecule has 0 radical (unpaired) electrons. The Balaban J connectivity index is 1.93. The molecule has 1 fully saturated rings. The zero-order valence-corrected chi connectivity index (χ0v) is 13.5. The topological polar surface area (TPSA) is 38.3 Å². The molecule has 3 rings (SSSR count). The van der Waals surface area contributed by atoms with Crippen LogP contribution in [0.5, 0.6) is 0 Å². The van der Waals surface area contributed by atoms with E-state index in [2.05, 4.69) is 47.8 Å². The Hall–Kier alpha value is -2.13. The van der Waals surface area contributed by atoms with Gasteiger partial charge in [-0.15, -0.1) is 0 Å². The summed E-state index contributed by atoms with van der Waals surface area (Å²) < 4.78 is 4.79. The maximum atomic E-state index is 11.6. The number of carbonyl (C=O) groups is 1. The quantitative estimate of drug-likeness (QED) is 0.877.